The second-order valence-electron chi connectivity index (χ2n) is 4.54. The first-order chi connectivity index (χ1) is 7.75. The molecule has 1 heterocycles. The van der Waals surface area contributed by atoms with Crippen molar-refractivity contribution in [3.63, 3.8) is 0 Å². The Hall–Kier alpha value is -0.900. The first-order valence-electron chi connectivity index (χ1n) is 6.01. The minimum Gasteiger partial charge on any atom is -0.360 e. The van der Waals surface area contributed by atoms with Gasteiger partial charge in [0, 0.05) is 24.0 Å². The van der Waals surface area contributed by atoms with Crippen LogP contribution in [0.4, 0.5) is 5.13 Å². The lowest BCUT2D eigenvalue weighted by molar-refractivity contribution is 0.798. The molecule has 0 bridgehead atoms. The summed E-state index contributed by atoms with van der Waals surface area (Å²) in [4.78, 5) is 4.45. The largest absolute Gasteiger partial charge is 0.360 e. The van der Waals surface area contributed by atoms with Gasteiger partial charge in [-0.15, -0.1) is 0 Å². The van der Waals surface area contributed by atoms with Crippen LogP contribution < -0.4 is 5.32 Å². The van der Waals surface area contributed by atoms with Crippen molar-refractivity contribution >= 4 is 16.7 Å². The second kappa shape index (κ2) is 5.43. The van der Waals surface area contributed by atoms with E-state index in [1.165, 1.54) is 30.8 Å². The van der Waals surface area contributed by atoms with Crippen molar-refractivity contribution in [1.82, 2.24) is 9.36 Å². The monoisotopic (exact) mass is 237 g/mol. The van der Waals surface area contributed by atoms with Crippen molar-refractivity contribution in [1.29, 1.82) is 0 Å². The Morgan fingerprint density at radius 1 is 1.50 bits per heavy atom. The molecule has 0 aromatic carbocycles. The Kier molecular flexibility index (Phi) is 3.93. The van der Waals surface area contributed by atoms with Crippen LogP contribution in [-0.2, 0) is 0 Å². The molecule has 0 atom stereocenters. The van der Waals surface area contributed by atoms with Gasteiger partial charge in [-0.1, -0.05) is 25.5 Å². The van der Waals surface area contributed by atoms with Gasteiger partial charge < -0.3 is 5.32 Å². The summed E-state index contributed by atoms with van der Waals surface area (Å²) in [7, 11) is 0. The molecule has 0 aliphatic heterocycles. The molecule has 2 rings (SSSR count). The van der Waals surface area contributed by atoms with Gasteiger partial charge in [0.05, 0.1) is 0 Å². The van der Waals surface area contributed by atoms with Gasteiger partial charge in [-0.2, -0.15) is 4.37 Å². The Labute approximate surface area is 101 Å². The Morgan fingerprint density at radius 3 is 3.00 bits per heavy atom. The first-order valence-corrected chi connectivity index (χ1v) is 6.78. The molecule has 0 amide bonds. The zero-order valence-corrected chi connectivity index (χ0v) is 10.8. The van der Waals surface area contributed by atoms with Crippen molar-refractivity contribution in [2.45, 2.75) is 45.4 Å². The fourth-order valence-electron chi connectivity index (χ4n) is 1.84. The smallest absolute Gasteiger partial charge is 0.202 e. The molecule has 1 aliphatic rings. The average molecular weight is 237 g/mol. The van der Waals surface area contributed by atoms with Crippen LogP contribution >= 0.6 is 11.5 Å². The standard InChI is InChI=1S/C12H19N3S/c1-9(2)11-14-12(16-15-11)13-8-7-10-5-3-4-6-10/h5,9H,3-4,6-8H2,1-2H3,(H,13,14,15). The van der Waals surface area contributed by atoms with E-state index in [1.807, 2.05) is 0 Å². The van der Waals surface area contributed by atoms with Crippen LogP contribution in [0.5, 0.6) is 0 Å². The lowest BCUT2D eigenvalue weighted by atomic mass is 10.2. The fourth-order valence-corrected chi connectivity index (χ4v) is 2.57. The van der Waals surface area contributed by atoms with E-state index < -0.39 is 0 Å². The maximum Gasteiger partial charge on any atom is 0.202 e. The Bertz CT molecular complexity index is 368. The lowest BCUT2D eigenvalue weighted by Gasteiger charge is -2.02. The molecule has 0 unspecified atom stereocenters. The molecule has 0 fully saturated rings. The minimum atomic E-state index is 0.421. The van der Waals surface area contributed by atoms with Crippen LogP contribution in [0.1, 0.15) is 51.3 Å². The van der Waals surface area contributed by atoms with Crippen molar-refractivity contribution in [2.75, 3.05) is 11.9 Å². The molecule has 88 valence electrons. The molecule has 0 radical (unpaired) electrons. The van der Waals surface area contributed by atoms with Gasteiger partial charge in [0.15, 0.2) is 0 Å². The number of hydrogen-bond acceptors (Lipinski definition) is 4. The lowest BCUT2D eigenvalue weighted by Crippen LogP contribution is -2.02. The van der Waals surface area contributed by atoms with E-state index in [2.05, 4.69) is 34.6 Å². The molecular formula is C12H19N3S. The average Bonchev–Trinajstić information content (AvgIpc) is 2.87. The summed E-state index contributed by atoms with van der Waals surface area (Å²) in [6.07, 6.45) is 7.42. The zero-order valence-electron chi connectivity index (χ0n) is 9.99. The van der Waals surface area contributed by atoms with Crippen LogP contribution in [0.3, 0.4) is 0 Å². The van der Waals surface area contributed by atoms with Crippen molar-refractivity contribution in [3.8, 4) is 0 Å². The van der Waals surface area contributed by atoms with Gasteiger partial charge in [0.1, 0.15) is 5.82 Å². The number of nitrogens with zero attached hydrogens (tertiary/aromatic N) is 2. The van der Waals surface area contributed by atoms with Crippen molar-refractivity contribution in [2.24, 2.45) is 0 Å². The van der Waals surface area contributed by atoms with Crippen LogP contribution in [0.15, 0.2) is 11.6 Å². The van der Waals surface area contributed by atoms with Crippen LogP contribution in [0, 0.1) is 0 Å². The highest BCUT2D eigenvalue weighted by Crippen LogP contribution is 2.21. The number of hydrogen-bond donors (Lipinski definition) is 1. The molecular weight excluding hydrogens is 218 g/mol. The third-order valence-electron chi connectivity index (χ3n) is 2.82. The number of nitrogens with one attached hydrogen (secondary N) is 1. The molecule has 16 heavy (non-hydrogen) atoms. The first kappa shape index (κ1) is 11.6. The maximum atomic E-state index is 4.45. The molecule has 0 saturated heterocycles. The van der Waals surface area contributed by atoms with Gasteiger partial charge in [-0.25, -0.2) is 4.98 Å². The molecule has 1 aromatic heterocycles. The van der Waals surface area contributed by atoms with Gasteiger partial charge in [0.2, 0.25) is 5.13 Å². The van der Waals surface area contributed by atoms with Crippen LogP contribution in [0.2, 0.25) is 0 Å². The molecule has 0 saturated carbocycles. The highest BCUT2D eigenvalue weighted by Gasteiger charge is 2.08. The summed E-state index contributed by atoms with van der Waals surface area (Å²) < 4.78 is 4.32. The summed E-state index contributed by atoms with van der Waals surface area (Å²) in [6, 6.07) is 0. The van der Waals surface area contributed by atoms with Crippen LogP contribution in [-0.4, -0.2) is 15.9 Å². The SMILES string of the molecule is CC(C)c1nsc(NCCC2=CCCC2)n1. The summed E-state index contributed by atoms with van der Waals surface area (Å²) in [5.74, 6) is 1.37. The second-order valence-corrected chi connectivity index (χ2v) is 5.30. The molecule has 1 aliphatic carbocycles. The topological polar surface area (TPSA) is 37.8 Å². The predicted molar refractivity (Wildman–Crippen MR) is 69.0 cm³/mol. The van der Waals surface area contributed by atoms with Crippen molar-refractivity contribution < 1.29 is 0 Å². The quantitative estimate of drug-likeness (QED) is 0.795. The molecule has 4 heteroatoms. The van der Waals surface area contributed by atoms with Gasteiger partial charge in [-0.05, 0) is 25.7 Å². The van der Waals surface area contributed by atoms with E-state index in [-0.39, 0.29) is 0 Å². The molecule has 1 aromatic rings. The molecule has 1 N–H and O–H groups in total. The number of anilines is 1. The zero-order chi connectivity index (χ0) is 11.4. The normalized spacial score (nSPS) is 15.6. The van der Waals surface area contributed by atoms with E-state index in [1.54, 1.807) is 5.57 Å². The third kappa shape index (κ3) is 3.04. The number of allylic oxidation sites excluding steroid dienone is 1. The number of rotatable bonds is 5. The predicted octanol–water partition coefficient (Wildman–Crippen LogP) is 3.57. The van der Waals surface area contributed by atoms with Crippen molar-refractivity contribution in [3.05, 3.63) is 17.5 Å². The molecule has 3 nitrogen and oxygen atoms in total. The highest BCUT2D eigenvalue weighted by atomic mass is 32.1. The van der Waals surface area contributed by atoms with E-state index >= 15 is 0 Å². The summed E-state index contributed by atoms with van der Waals surface area (Å²) in [6.45, 7) is 5.23. The fraction of sp³-hybridized carbons (Fsp3) is 0.667. The van der Waals surface area contributed by atoms with Gasteiger partial charge >= 0.3 is 0 Å². The van der Waals surface area contributed by atoms with Gasteiger partial charge in [0.25, 0.3) is 0 Å². The van der Waals surface area contributed by atoms with Gasteiger partial charge in [-0.3, -0.25) is 0 Å². The summed E-state index contributed by atoms with van der Waals surface area (Å²) >= 11 is 1.47. The Balaban J connectivity index is 1.76. The maximum absolute atomic E-state index is 4.45. The summed E-state index contributed by atoms with van der Waals surface area (Å²) in [5, 5.41) is 4.31. The van der Waals surface area contributed by atoms with E-state index in [0.29, 0.717) is 5.92 Å². The third-order valence-corrected chi connectivity index (χ3v) is 3.50. The van der Waals surface area contributed by atoms with E-state index in [4.69, 9.17) is 0 Å². The highest BCUT2D eigenvalue weighted by molar-refractivity contribution is 7.09. The van der Waals surface area contributed by atoms with E-state index in [0.717, 1.165) is 23.9 Å². The number of aromatic nitrogens is 2. The Morgan fingerprint density at radius 2 is 2.38 bits per heavy atom. The minimum absolute atomic E-state index is 0.421. The van der Waals surface area contributed by atoms with E-state index in [9.17, 15) is 0 Å². The summed E-state index contributed by atoms with van der Waals surface area (Å²) in [5.41, 5.74) is 1.60. The van der Waals surface area contributed by atoms with Crippen LogP contribution in [0.25, 0.3) is 0 Å². The molecule has 0 spiro atoms.